The molecule has 11 fully saturated rings. The first-order chi connectivity index (χ1) is 43.5. The average molecular weight is 1230 g/mol. The highest BCUT2D eigenvalue weighted by Crippen LogP contribution is 2.90. The molecule has 1 aromatic carbocycles. The summed E-state index contributed by atoms with van der Waals surface area (Å²) in [5.74, 6) is 15.7. The zero-order valence-electron chi connectivity index (χ0n) is 53.5. The van der Waals surface area contributed by atoms with Crippen LogP contribution in [0.5, 0.6) is 0 Å². The zero-order valence-corrected chi connectivity index (χ0v) is 55.1. The van der Waals surface area contributed by atoms with Crippen molar-refractivity contribution in [2.45, 2.75) is 236 Å². The van der Waals surface area contributed by atoms with E-state index < -0.39 is 16.4 Å². The molecule has 12 aliphatic carbocycles. The van der Waals surface area contributed by atoms with Crippen LogP contribution in [0.3, 0.4) is 0 Å². The SMILES string of the molecule is CC1CC2=C3C4C5=C6C7CC14CC1CSSCC4C(CCCC48CCCC8)C(C=C17)CC1C64C(=O)OC(=C(O)CC6C7CC8(CCCC8)C8(CCCC89CCCC9C#CCC8C9CC(CN86)C(CC2)N3C9)C7)C4(CC5)C12OC(=O)c1c(CCCN)cccc12. The second-order valence-electron chi connectivity index (χ2n) is 35.3. The molecular weight excluding hydrogens is 1140 g/mol. The second-order valence-corrected chi connectivity index (χ2v) is 37.8. The van der Waals surface area contributed by atoms with Gasteiger partial charge in [0.05, 0.1) is 11.0 Å². The number of piperidine rings is 2. The van der Waals surface area contributed by atoms with E-state index in [1.807, 2.05) is 0 Å². The van der Waals surface area contributed by atoms with Gasteiger partial charge in [-0.05, 0) is 240 Å². The van der Waals surface area contributed by atoms with E-state index in [-0.39, 0.29) is 52.5 Å². The number of rotatable bonds is 3. The number of benzene rings is 1. The van der Waals surface area contributed by atoms with Crippen molar-refractivity contribution < 1.29 is 24.2 Å². The number of carbonyl (C=O) groups excluding carboxylic acids is 2. The monoisotopic (exact) mass is 1230 g/mol. The van der Waals surface area contributed by atoms with E-state index in [0.717, 1.165) is 67.6 Å². The van der Waals surface area contributed by atoms with Gasteiger partial charge in [-0.1, -0.05) is 120 Å². The van der Waals surface area contributed by atoms with Gasteiger partial charge in [-0.15, -0.1) is 5.92 Å². The number of aliphatic hydroxyl groups excluding tert-OH is 1. The van der Waals surface area contributed by atoms with Crippen molar-refractivity contribution in [3.8, 4) is 11.8 Å². The summed E-state index contributed by atoms with van der Waals surface area (Å²) in [6.45, 7) is 5.45. The molecule has 21 rings (SSSR count). The highest BCUT2D eigenvalue weighted by atomic mass is 33.1. The zero-order chi connectivity index (χ0) is 59.0. The first-order valence-electron chi connectivity index (χ1n) is 37.6. The third kappa shape index (κ3) is 6.32. The minimum atomic E-state index is -1.18. The molecule has 8 heterocycles. The largest absolute Gasteiger partial charge is 0.509 e. The van der Waals surface area contributed by atoms with Crippen LogP contribution in [0.1, 0.15) is 227 Å². The lowest BCUT2D eigenvalue weighted by Crippen LogP contribution is -2.78. The highest BCUT2D eigenvalue weighted by molar-refractivity contribution is 8.76. The smallest absolute Gasteiger partial charge is 0.339 e. The van der Waals surface area contributed by atoms with Gasteiger partial charge in [0.1, 0.15) is 11.2 Å². The van der Waals surface area contributed by atoms with Gasteiger partial charge < -0.3 is 25.2 Å². The van der Waals surface area contributed by atoms with Gasteiger partial charge in [-0.25, -0.2) is 4.79 Å². The predicted octanol–water partition coefficient (Wildman–Crippen LogP) is 16.1. The molecule has 21 atom stereocenters. The maximum atomic E-state index is 17.5. The van der Waals surface area contributed by atoms with Crippen molar-refractivity contribution >= 4 is 33.5 Å². The van der Waals surface area contributed by atoms with Crippen molar-refractivity contribution in [3.63, 3.8) is 0 Å². The van der Waals surface area contributed by atoms with Gasteiger partial charge in [0.2, 0.25) is 0 Å². The van der Waals surface area contributed by atoms with Crippen LogP contribution in [-0.4, -0.2) is 76.1 Å². The number of nitrogens with two attached hydrogens (primary N) is 1. The molecule has 1 aromatic rings. The molecule has 21 unspecified atom stereocenters. The fourth-order valence-corrected chi connectivity index (χ4v) is 34.2. The number of aryl methyl sites for hydroxylation is 1. The molecule has 8 saturated carbocycles. The van der Waals surface area contributed by atoms with Gasteiger partial charge in [-0.3, -0.25) is 9.69 Å². The summed E-state index contributed by atoms with van der Waals surface area (Å²) in [4.78, 5) is 39.8. The molecule has 0 aromatic heterocycles. The molecular formula is C79H99N3O5S2. The lowest BCUT2D eigenvalue weighted by molar-refractivity contribution is -0.284. The van der Waals surface area contributed by atoms with Gasteiger partial charge >= 0.3 is 11.9 Å². The summed E-state index contributed by atoms with van der Waals surface area (Å²) in [5.41, 5.74) is 15.3. The Morgan fingerprint density at radius 3 is 2.53 bits per heavy atom. The molecule has 3 N–H and O–H groups in total. The number of esters is 2. The number of hydrogen-bond donors (Lipinski definition) is 2. The fraction of sp³-hybridized carbons (Fsp3) is 0.772. The number of nitrogens with zero attached hydrogens (tertiary/aromatic N) is 2. The van der Waals surface area contributed by atoms with Crippen LogP contribution in [0.2, 0.25) is 0 Å². The molecule has 14 bridgehead atoms. The van der Waals surface area contributed by atoms with Crippen molar-refractivity contribution in [3.05, 3.63) is 80.5 Å². The van der Waals surface area contributed by atoms with Crippen molar-refractivity contribution in [2.75, 3.05) is 31.1 Å². The quantitative estimate of drug-likeness (QED) is 0.132. The lowest BCUT2D eigenvalue weighted by Gasteiger charge is -2.75. The Kier molecular flexibility index (Phi) is 11.6. The Balaban J connectivity index is 0.850. The first-order valence-corrected chi connectivity index (χ1v) is 40.1. The summed E-state index contributed by atoms with van der Waals surface area (Å²) in [7, 11) is 4.47. The van der Waals surface area contributed by atoms with Crippen molar-refractivity contribution in [1.82, 2.24) is 9.80 Å². The summed E-state index contributed by atoms with van der Waals surface area (Å²) in [6.07, 6.45) is 40.7. The predicted molar refractivity (Wildman–Crippen MR) is 349 cm³/mol. The van der Waals surface area contributed by atoms with E-state index in [4.69, 9.17) is 15.2 Å². The van der Waals surface area contributed by atoms with Crippen molar-refractivity contribution in [2.24, 2.45) is 115 Å². The van der Waals surface area contributed by atoms with Crippen molar-refractivity contribution in [1.29, 1.82) is 0 Å². The van der Waals surface area contributed by atoms with E-state index in [9.17, 15) is 5.11 Å². The highest BCUT2D eigenvalue weighted by Gasteiger charge is 2.95. The van der Waals surface area contributed by atoms with Crippen LogP contribution < -0.4 is 5.73 Å². The van der Waals surface area contributed by atoms with Crippen LogP contribution in [0.4, 0.5) is 0 Å². The number of allylic oxidation sites excluding steroid dienone is 4. The summed E-state index contributed by atoms with van der Waals surface area (Å²) >= 11 is 0. The fourth-order valence-electron chi connectivity index (χ4n) is 31.3. The molecule has 0 amide bonds. The first kappa shape index (κ1) is 55.2. The Morgan fingerprint density at radius 2 is 1.64 bits per heavy atom. The standard InChI is InChI=1S/C79H99N3O5S2/c1-45-32-47-19-20-61-49-33-50-42-82(61)68(47)67-55-21-30-77-69(63(83)36-62-51-37-73(25-4-5-26-73)76(39-51)29-11-28-75(76)27-8-15-53(75)14-7-18-60(50)81(62)41-49)86-71(85)78(77)64(79(77)58-17-6-12-46(13-10-31-80)65(58)70(84)87-79)35-48-34-56-52(38-74(45,67)40-57(56)66(55)78)43-88-89-44-59-54(48)16-9-24-72(59)22-2-3-23-72/h6,12,17,34,45,48-54,57,59-62,64,67,83H,2-5,8-11,13,15-16,18-33,35-44,80H2,1H3. The average Bonchev–Trinajstić information content (AvgIpc) is 1.54. The normalized spacial score (nSPS) is 49.8. The molecule has 8 aliphatic heterocycles. The summed E-state index contributed by atoms with van der Waals surface area (Å²) in [6, 6.07) is 7.56. The molecule has 89 heavy (non-hydrogen) atoms. The Labute approximate surface area is 538 Å². The van der Waals surface area contributed by atoms with E-state index in [1.54, 1.807) is 22.4 Å². The van der Waals surface area contributed by atoms with Gasteiger partial charge in [0.15, 0.2) is 11.4 Å². The van der Waals surface area contributed by atoms with Gasteiger partial charge in [0, 0.05) is 90.5 Å². The molecule has 8 nitrogen and oxygen atoms in total. The van der Waals surface area contributed by atoms with Crippen LogP contribution >= 0.6 is 21.6 Å². The lowest BCUT2D eigenvalue weighted by atomic mass is 9.26. The summed E-state index contributed by atoms with van der Waals surface area (Å²) < 4.78 is 15.5. The number of aliphatic hydroxyl groups is 1. The third-order valence-corrected chi connectivity index (χ3v) is 36.1. The molecule has 3 saturated heterocycles. The Morgan fingerprint density at radius 1 is 0.809 bits per heavy atom. The minimum Gasteiger partial charge on any atom is -0.509 e. The number of carbonyl (C=O) groups is 2. The second kappa shape index (κ2) is 18.7. The van der Waals surface area contributed by atoms with Crippen LogP contribution in [0.15, 0.2) is 63.8 Å². The number of fused-ring (bicyclic) bond motifs is 12. The Hall–Kier alpha value is -3.10. The van der Waals surface area contributed by atoms with Crippen LogP contribution in [0, 0.1) is 121 Å². The van der Waals surface area contributed by atoms with E-state index in [2.05, 4.69) is 74.4 Å². The van der Waals surface area contributed by atoms with E-state index >= 15 is 9.59 Å². The maximum Gasteiger partial charge on any atom is 0.339 e. The van der Waals surface area contributed by atoms with Crippen LogP contribution in [-0.2, 0) is 26.3 Å². The molecule has 10 heteroatoms. The van der Waals surface area contributed by atoms with Gasteiger partial charge in [0.25, 0.3) is 0 Å². The molecule has 0 radical (unpaired) electrons. The van der Waals surface area contributed by atoms with Gasteiger partial charge in [-0.2, -0.15) is 0 Å². The third-order valence-electron chi connectivity index (χ3n) is 33.6. The Bertz CT molecular complexity index is 3520. The maximum absolute atomic E-state index is 17.5. The van der Waals surface area contributed by atoms with Crippen LogP contribution in [0.25, 0.3) is 0 Å². The number of hydrogen-bond acceptors (Lipinski definition) is 10. The molecule has 20 aliphatic rings. The van der Waals surface area contributed by atoms with E-state index in [0.29, 0.717) is 113 Å². The molecule has 472 valence electrons. The summed E-state index contributed by atoms with van der Waals surface area (Å²) in [5, 5.41) is 14.7. The topological polar surface area (TPSA) is 105 Å². The van der Waals surface area contributed by atoms with E-state index in [1.165, 1.54) is 165 Å². The molecule has 8 spiro atoms. The number of ether oxygens (including phenoxy) is 2. The minimum absolute atomic E-state index is 0.0699.